The lowest BCUT2D eigenvalue weighted by atomic mass is 10.2. The third-order valence-corrected chi connectivity index (χ3v) is 4.99. The SMILES string of the molecule is Fc1ccccc1N1CC[NH+](Cc2cccc(Cl)c2Cl)CC1. The van der Waals surface area contributed by atoms with Crippen LogP contribution in [-0.4, -0.2) is 26.2 Å². The Balaban J connectivity index is 1.63. The van der Waals surface area contributed by atoms with E-state index in [0.29, 0.717) is 15.7 Å². The van der Waals surface area contributed by atoms with Crippen molar-refractivity contribution >= 4 is 28.9 Å². The van der Waals surface area contributed by atoms with Crippen molar-refractivity contribution in [3.63, 3.8) is 0 Å². The Morgan fingerprint density at radius 3 is 2.45 bits per heavy atom. The molecule has 5 heteroatoms. The van der Waals surface area contributed by atoms with E-state index in [1.165, 1.54) is 11.0 Å². The van der Waals surface area contributed by atoms with E-state index in [0.717, 1.165) is 38.3 Å². The lowest BCUT2D eigenvalue weighted by Crippen LogP contribution is -3.13. The number of quaternary nitrogens is 1. The van der Waals surface area contributed by atoms with E-state index in [1.807, 2.05) is 24.3 Å². The fraction of sp³-hybridized carbons (Fsp3) is 0.294. The van der Waals surface area contributed by atoms with Crippen molar-refractivity contribution < 1.29 is 9.29 Å². The number of nitrogens with zero attached hydrogens (tertiary/aromatic N) is 1. The van der Waals surface area contributed by atoms with E-state index < -0.39 is 0 Å². The molecule has 3 rings (SSSR count). The molecule has 1 aliphatic heterocycles. The molecule has 0 aliphatic carbocycles. The quantitative estimate of drug-likeness (QED) is 0.903. The number of nitrogens with one attached hydrogen (secondary N) is 1. The van der Waals surface area contributed by atoms with Crippen LogP contribution in [0.5, 0.6) is 0 Å². The Kier molecular flexibility index (Phi) is 4.87. The van der Waals surface area contributed by atoms with E-state index in [4.69, 9.17) is 23.2 Å². The van der Waals surface area contributed by atoms with E-state index in [2.05, 4.69) is 4.90 Å². The molecule has 0 aromatic heterocycles. The number of para-hydroxylation sites is 1. The van der Waals surface area contributed by atoms with Gasteiger partial charge in [-0.1, -0.05) is 47.5 Å². The van der Waals surface area contributed by atoms with Gasteiger partial charge in [-0.15, -0.1) is 0 Å². The van der Waals surface area contributed by atoms with Crippen LogP contribution in [0, 0.1) is 5.82 Å². The van der Waals surface area contributed by atoms with Crippen LogP contribution >= 0.6 is 23.2 Å². The highest BCUT2D eigenvalue weighted by atomic mass is 35.5. The topological polar surface area (TPSA) is 7.68 Å². The third kappa shape index (κ3) is 3.37. The van der Waals surface area contributed by atoms with Crippen molar-refractivity contribution in [2.45, 2.75) is 6.54 Å². The number of halogens is 3. The van der Waals surface area contributed by atoms with Crippen molar-refractivity contribution in [2.24, 2.45) is 0 Å². The van der Waals surface area contributed by atoms with Crippen molar-refractivity contribution in [1.82, 2.24) is 0 Å². The minimum atomic E-state index is -0.149. The summed E-state index contributed by atoms with van der Waals surface area (Å²) in [6.45, 7) is 4.45. The number of hydrogen-bond donors (Lipinski definition) is 1. The summed E-state index contributed by atoms with van der Waals surface area (Å²) in [4.78, 5) is 3.55. The van der Waals surface area contributed by atoms with Gasteiger partial charge in [0.15, 0.2) is 0 Å². The zero-order valence-electron chi connectivity index (χ0n) is 12.2. The van der Waals surface area contributed by atoms with Crippen LogP contribution in [-0.2, 0) is 6.54 Å². The van der Waals surface area contributed by atoms with Gasteiger partial charge in [0.2, 0.25) is 0 Å². The molecule has 2 aromatic rings. The van der Waals surface area contributed by atoms with Crippen molar-refractivity contribution in [3.05, 3.63) is 63.9 Å². The molecule has 2 aromatic carbocycles. The molecule has 0 radical (unpaired) electrons. The van der Waals surface area contributed by atoms with Gasteiger partial charge in [-0.05, 0) is 18.2 Å². The highest BCUT2D eigenvalue weighted by Gasteiger charge is 2.22. The van der Waals surface area contributed by atoms with Crippen molar-refractivity contribution in [3.8, 4) is 0 Å². The van der Waals surface area contributed by atoms with Gasteiger partial charge in [-0.3, -0.25) is 0 Å². The number of anilines is 1. The van der Waals surface area contributed by atoms with Gasteiger partial charge >= 0.3 is 0 Å². The van der Waals surface area contributed by atoms with E-state index in [-0.39, 0.29) is 5.82 Å². The molecule has 1 saturated heterocycles. The second kappa shape index (κ2) is 6.86. The molecule has 116 valence electrons. The first kappa shape index (κ1) is 15.6. The fourth-order valence-corrected chi connectivity index (χ4v) is 3.29. The first-order valence-electron chi connectivity index (χ1n) is 7.41. The first-order valence-corrected chi connectivity index (χ1v) is 8.16. The molecule has 0 spiro atoms. The number of rotatable bonds is 3. The highest BCUT2D eigenvalue weighted by molar-refractivity contribution is 6.42. The molecular formula is C17H18Cl2FN2+. The Morgan fingerprint density at radius 1 is 1.00 bits per heavy atom. The maximum absolute atomic E-state index is 13.8. The minimum absolute atomic E-state index is 0.149. The molecular weight excluding hydrogens is 322 g/mol. The zero-order valence-corrected chi connectivity index (χ0v) is 13.7. The van der Waals surface area contributed by atoms with E-state index >= 15 is 0 Å². The van der Waals surface area contributed by atoms with Crippen LogP contribution in [0.2, 0.25) is 10.0 Å². The van der Waals surface area contributed by atoms with Crippen LogP contribution in [0.1, 0.15) is 5.56 Å². The summed E-state index contributed by atoms with van der Waals surface area (Å²) in [7, 11) is 0. The molecule has 0 amide bonds. The molecule has 1 aliphatic rings. The summed E-state index contributed by atoms with van der Waals surface area (Å²) >= 11 is 12.3. The van der Waals surface area contributed by atoms with Gasteiger partial charge in [0.05, 0.1) is 41.9 Å². The van der Waals surface area contributed by atoms with Crippen molar-refractivity contribution in [2.75, 3.05) is 31.1 Å². The predicted molar refractivity (Wildman–Crippen MR) is 89.5 cm³/mol. The van der Waals surface area contributed by atoms with Crippen molar-refractivity contribution in [1.29, 1.82) is 0 Å². The van der Waals surface area contributed by atoms with Gasteiger partial charge in [0, 0.05) is 5.56 Å². The molecule has 2 nitrogen and oxygen atoms in total. The normalized spacial score (nSPS) is 16.0. The Bertz CT molecular complexity index is 655. The lowest BCUT2D eigenvalue weighted by Gasteiger charge is -2.34. The standard InChI is InChI=1S/C17H17Cl2FN2/c18-14-5-3-4-13(17(14)19)12-21-8-10-22(11-9-21)16-7-2-1-6-15(16)20/h1-7H,8-12H2/p+1. The number of hydrogen-bond acceptors (Lipinski definition) is 1. The summed E-state index contributed by atoms with van der Waals surface area (Å²) in [5.74, 6) is -0.149. The van der Waals surface area contributed by atoms with Gasteiger partial charge in [-0.2, -0.15) is 0 Å². The van der Waals surface area contributed by atoms with Gasteiger partial charge in [0.25, 0.3) is 0 Å². The van der Waals surface area contributed by atoms with E-state index in [9.17, 15) is 4.39 Å². The molecule has 0 unspecified atom stereocenters. The maximum atomic E-state index is 13.8. The van der Waals surface area contributed by atoms with Crippen LogP contribution in [0.15, 0.2) is 42.5 Å². The molecule has 0 atom stereocenters. The maximum Gasteiger partial charge on any atom is 0.146 e. The molecule has 0 saturated carbocycles. The van der Waals surface area contributed by atoms with Crippen LogP contribution < -0.4 is 9.80 Å². The average molecular weight is 340 g/mol. The second-order valence-electron chi connectivity index (χ2n) is 5.58. The second-order valence-corrected chi connectivity index (χ2v) is 6.36. The van der Waals surface area contributed by atoms with Gasteiger partial charge < -0.3 is 9.80 Å². The molecule has 1 heterocycles. The highest BCUT2D eigenvalue weighted by Crippen LogP contribution is 2.25. The number of piperazine rings is 1. The summed E-state index contributed by atoms with van der Waals surface area (Å²) in [5.41, 5.74) is 1.77. The smallest absolute Gasteiger partial charge is 0.146 e. The molecule has 1 N–H and O–H groups in total. The average Bonchev–Trinajstić information content (AvgIpc) is 2.53. The van der Waals surface area contributed by atoms with Crippen LogP contribution in [0.4, 0.5) is 10.1 Å². The fourth-order valence-electron chi connectivity index (χ4n) is 2.90. The summed E-state index contributed by atoms with van der Waals surface area (Å²) < 4.78 is 13.8. The number of benzene rings is 2. The predicted octanol–water partition coefficient (Wildman–Crippen LogP) is 3.04. The Morgan fingerprint density at radius 2 is 1.73 bits per heavy atom. The zero-order chi connectivity index (χ0) is 15.5. The Labute approximate surface area is 140 Å². The molecule has 0 bridgehead atoms. The van der Waals surface area contributed by atoms with Gasteiger partial charge in [0.1, 0.15) is 12.4 Å². The monoisotopic (exact) mass is 339 g/mol. The molecule has 22 heavy (non-hydrogen) atoms. The van der Waals surface area contributed by atoms with Crippen LogP contribution in [0.25, 0.3) is 0 Å². The lowest BCUT2D eigenvalue weighted by molar-refractivity contribution is -0.914. The third-order valence-electron chi connectivity index (χ3n) is 4.14. The largest absolute Gasteiger partial charge is 0.358 e. The minimum Gasteiger partial charge on any atom is -0.358 e. The summed E-state index contributed by atoms with van der Waals surface area (Å²) in [5, 5.41) is 1.25. The summed E-state index contributed by atoms with van der Waals surface area (Å²) in [6.07, 6.45) is 0. The summed E-state index contributed by atoms with van der Waals surface area (Å²) in [6, 6.07) is 12.7. The van der Waals surface area contributed by atoms with Gasteiger partial charge in [-0.25, -0.2) is 4.39 Å². The van der Waals surface area contributed by atoms with E-state index in [1.54, 1.807) is 12.1 Å². The first-order chi connectivity index (χ1) is 10.6. The van der Waals surface area contributed by atoms with Crippen LogP contribution in [0.3, 0.4) is 0 Å². The molecule has 1 fully saturated rings. The Hall–Kier alpha value is -1.29.